The molecule has 1 aromatic carbocycles. The van der Waals surface area contributed by atoms with Gasteiger partial charge in [0.15, 0.2) is 0 Å². The van der Waals surface area contributed by atoms with Gasteiger partial charge in [-0.25, -0.2) is 0 Å². The van der Waals surface area contributed by atoms with Crippen LogP contribution in [0.15, 0.2) is 35.1 Å². The Morgan fingerprint density at radius 3 is 2.50 bits per heavy atom. The minimum Gasteiger partial charge on any atom is -0.348 e. The van der Waals surface area contributed by atoms with Gasteiger partial charge in [0.05, 0.1) is 0 Å². The van der Waals surface area contributed by atoms with Crippen LogP contribution in [-0.2, 0) is 6.54 Å². The molecule has 20 heavy (non-hydrogen) atoms. The molecule has 0 radical (unpaired) electrons. The third kappa shape index (κ3) is 3.27. The fraction of sp³-hybridized carbons (Fsp3) is 0.200. The molecule has 1 heterocycles. The van der Waals surface area contributed by atoms with E-state index in [9.17, 15) is 9.59 Å². The predicted molar refractivity (Wildman–Crippen MR) is 79.2 cm³/mol. The fourth-order valence-electron chi connectivity index (χ4n) is 1.97. The van der Waals surface area contributed by atoms with Gasteiger partial charge in [0.1, 0.15) is 0 Å². The van der Waals surface area contributed by atoms with Crippen molar-refractivity contribution >= 4 is 17.5 Å². The first-order valence-corrected chi connectivity index (χ1v) is 6.58. The van der Waals surface area contributed by atoms with E-state index in [1.807, 2.05) is 19.9 Å². The number of carbonyl (C=O) groups is 1. The van der Waals surface area contributed by atoms with Crippen LogP contribution < -0.4 is 10.9 Å². The van der Waals surface area contributed by atoms with E-state index in [0.717, 1.165) is 11.3 Å². The van der Waals surface area contributed by atoms with Crippen LogP contribution in [0.2, 0.25) is 5.02 Å². The number of hydrogen-bond donors (Lipinski definition) is 2. The Morgan fingerprint density at radius 2 is 1.90 bits per heavy atom. The molecule has 0 atom stereocenters. The molecule has 0 aliphatic heterocycles. The number of hydrogen-bond acceptors (Lipinski definition) is 2. The summed E-state index contributed by atoms with van der Waals surface area (Å²) in [4.78, 5) is 26.5. The Balaban J connectivity index is 2.11. The molecule has 0 saturated heterocycles. The zero-order valence-corrected chi connectivity index (χ0v) is 12.0. The van der Waals surface area contributed by atoms with E-state index < -0.39 is 0 Å². The van der Waals surface area contributed by atoms with Crippen LogP contribution in [-0.4, -0.2) is 10.9 Å². The molecular formula is C15H15ClN2O2. The lowest BCUT2D eigenvalue weighted by Gasteiger charge is -2.08. The number of halogens is 1. The van der Waals surface area contributed by atoms with E-state index in [1.54, 1.807) is 24.3 Å². The van der Waals surface area contributed by atoms with Crippen LogP contribution in [0.1, 0.15) is 27.2 Å². The maximum atomic E-state index is 12.0. The summed E-state index contributed by atoms with van der Waals surface area (Å²) < 4.78 is 0. The van der Waals surface area contributed by atoms with Crippen molar-refractivity contribution in [3.8, 4) is 0 Å². The van der Waals surface area contributed by atoms with Gasteiger partial charge in [-0.15, -0.1) is 0 Å². The van der Waals surface area contributed by atoms with Crippen LogP contribution in [0.25, 0.3) is 0 Å². The molecule has 4 nitrogen and oxygen atoms in total. The van der Waals surface area contributed by atoms with Crippen molar-refractivity contribution in [2.45, 2.75) is 20.4 Å². The van der Waals surface area contributed by atoms with Gasteiger partial charge in [-0.05, 0) is 49.7 Å². The molecule has 0 bridgehead atoms. The fourth-order valence-corrected chi connectivity index (χ4v) is 2.10. The predicted octanol–water partition coefficient (Wildman–Crippen LogP) is 2.58. The van der Waals surface area contributed by atoms with Crippen molar-refractivity contribution in [2.75, 3.05) is 0 Å². The quantitative estimate of drug-likeness (QED) is 0.912. The minimum atomic E-state index is -0.235. The first kappa shape index (κ1) is 14.3. The first-order valence-electron chi connectivity index (χ1n) is 6.20. The first-order chi connectivity index (χ1) is 9.47. The lowest BCUT2D eigenvalue weighted by molar-refractivity contribution is 0.0951. The number of carbonyl (C=O) groups excluding carboxylic acids is 1. The maximum absolute atomic E-state index is 12.0. The van der Waals surface area contributed by atoms with Gasteiger partial charge in [-0.2, -0.15) is 0 Å². The molecule has 0 fully saturated rings. The number of H-pyrrole nitrogens is 1. The Labute approximate surface area is 121 Å². The summed E-state index contributed by atoms with van der Waals surface area (Å²) in [7, 11) is 0. The lowest BCUT2D eigenvalue weighted by atomic mass is 10.1. The second-order valence-corrected chi connectivity index (χ2v) is 5.07. The topological polar surface area (TPSA) is 62.0 Å². The lowest BCUT2D eigenvalue weighted by Crippen LogP contribution is -2.27. The van der Waals surface area contributed by atoms with Gasteiger partial charge in [0, 0.05) is 28.4 Å². The molecule has 2 N–H and O–H groups in total. The average molecular weight is 291 g/mol. The number of amides is 1. The monoisotopic (exact) mass is 290 g/mol. The molecule has 104 valence electrons. The van der Waals surface area contributed by atoms with Gasteiger partial charge < -0.3 is 10.3 Å². The summed E-state index contributed by atoms with van der Waals surface area (Å²) in [6.07, 6.45) is 0. The van der Waals surface area contributed by atoms with E-state index in [-0.39, 0.29) is 18.0 Å². The minimum absolute atomic E-state index is 0.168. The zero-order valence-electron chi connectivity index (χ0n) is 11.3. The molecule has 0 spiro atoms. The largest absolute Gasteiger partial charge is 0.348 e. The van der Waals surface area contributed by atoms with Crippen molar-refractivity contribution < 1.29 is 4.79 Å². The molecule has 0 saturated carbocycles. The summed E-state index contributed by atoms with van der Waals surface area (Å²) in [6, 6.07) is 8.47. The Kier molecular flexibility index (Phi) is 4.25. The highest BCUT2D eigenvalue weighted by Gasteiger charge is 2.09. The van der Waals surface area contributed by atoms with Gasteiger partial charge >= 0.3 is 0 Å². The van der Waals surface area contributed by atoms with E-state index in [2.05, 4.69) is 10.3 Å². The summed E-state index contributed by atoms with van der Waals surface area (Å²) in [5.41, 5.74) is 2.58. The SMILES string of the molecule is Cc1cc(C)c(CNC(=O)c2ccc(Cl)cc2)c(=O)[nH]1. The van der Waals surface area contributed by atoms with E-state index in [0.29, 0.717) is 16.1 Å². The van der Waals surface area contributed by atoms with Gasteiger partial charge in [-0.1, -0.05) is 11.6 Å². The van der Waals surface area contributed by atoms with Crippen LogP contribution in [0.4, 0.5) is 0 Å². The number of benzene rings is 1. The third-order valence-electron chi connectivity index (χ3n) is 3.03. The second-order valence-electron chi connectivity index (χ2n) is 4.63. The number of nitrogens with one attached hydrogen (secondary N) is 2. The van der Waals surface area contributed by atoms with E-state index in [4.69, 9.17) is 11.6 Å². The normalized spacial score (nSPS) is 10.3. The smallest absolute Gasteiger partial charge is 0.253 e. The Morgan fingerprint density at radius 1 is 1.25 bits per heavy atom. The van der Waals surface area contributed by atoms with E-state index >= 15 is 0 Å². The zero-order chi connectivity index (χ0) is 14.7. The van der Waals surface area contributed by atoms with Crippen molar-refractivity contribution in [2.24, 2.45) is 0 Å². The van der Waals surface area contributed by atoms with Crippen LogP contribution in [0, 0.1) is 13.8 Å². The van der Waals surface area contributed by atoms with Crippen molar-refractivity contribution in [1.29, 1.82) is 0 Å². The molecular weight excluding hydrogens is 276 g/mol. The number of rotatable bonds is 3. The van der Waals surface area contributed by atoms with Gasteiger partial charge in [-0.3, -0.25) is 9.59 Å². The number of aromatic nitrogens is 1. The third-order valence-corrected chi connectivity index (χ3v) is 3.28. The molecule has 2 aromatic rings. The molecule has 0 aliphatic rings. The molecule has 1 aromatic heterocycles. The molecule has 2 rings (SSSR count). The highest BCUT2D eigenvalue weighted by Crippen LogP contribution is 2.10. The maximum Gasteiger partial charge on any atom is 0.253 e. The molecule has 0 aliphatic carbocycles. The number of aromatic amines is 1. The molecule has 5 heteroatoms. The average Bonchev–Trinajstić information content (AvgIpc) is 2.38. The number of pyridine rings is 1. The molecule has 0 unspecified atom stereocenters. The standard InChI is InChI=1S/C15H15ClN2O2/c1-9-7-10(2)18-15(20)13(9)8-17-14(19)11-3-5-12(16)6-4-11/h3-7H,8H2,1-2H3,(H,17,19)(H,18,20). The Hall–Kier alpha value is -2.07. The second kappa shape index (κ2) is 5.92. The van der Waals surface area contributed by atoms with Crippen LogP contribution in [0.5, 0.6) is 0 Å². The molecule has 1 amide bonds. The number of aryl methyl sites for hydroxylation is 2. The van der Waals surface area contributed by atoms with Crippen molar-refractivity contribution in [3.63, 3.8) is 0 Å². The van der Waals surface area contributed by atoms with E-state index in [1.165, 1.54) is 0 Å². The van der Waals surface area contributed by atoms with Gasteiger partial charge in [0.25, 0.3) is 11.5 Å². The van der Waals surface area contributed by atoms with Crippen molar-refractivity contribution in [3.05, 3.63) is 68.1 Å². The highest BCUT2D eigenvalue weighted by molar-refractivity contribution is 6.30. The van der Waals surface area contributed by atoms with Gasteiger partial charge in [0.2, 0.25) is 0 Å². The van der Waals surface area contributed by atoms with Crippen LogP contribution in [0.3, 0.4) is 0 Å². The Bertz CT molecular complexity index is 690. The van der Waals surface area contributed by atoms with Crippen molar-refractivity contribution in [1.82, 2.24) is 10.3 Å². The van der Waals surface area contributed by atoms with Crippen LogP contribution >= 0.6 is 11.6 Å². The summed E-state index contributed by atoms with van der Waals surface area (Å²) in [5, 5.41) is 3.31. The summed E-state index contributed by atoms with van der Waals surface area (Å²) >= 11 is 5.77. The highest BCUT2D eigenvalue weighted by atomic mass is 35.5. The summed E-state index contributed by atoms with van der Waals surface area (Å²) in [5.74, 6) is -0.235. The summed E-state index contributed by atoms with van der Waals surface area (Å²) in [6.45, 7) is 3.87.